The van der Waals surface area contributed by atoms with E-state index >= 15 is 0 Å². The zero-order valence-electron chi connectivity index (χ0n) is 14.0. The van der Waals surface area contributed by atoms with Crippen LogP contribution in [0.4, 0.5) is 0 Å². The van der Waals surface area contributed by atoms with Crippen LogP contribution in [-0.2, 0) is 4.79 Å². The van der Waals surface area contributed by atoms with Crippen LogP contribution in [-0.4, -0.2) is 34.6 Å². The van der Waals surface area contributed by atoms with Crippen LogP contribution < -0.4 is 0 Å². The van der Waals surface area contributed by atoms with Gasteiger partial charge in [0, 0.05) is 24.4 Å². The van der Waals surface area contributed by atoms with E-state index in [1.165, 1.54) is 31.2 Å². The second kappa shape index (κ2) is 5.34. The van der Waals surface area contributed by atoms with Gasteiger partial charge in [-0.15, -0.1) is 0 Å². The van der Waals surface area contributed by atoms with Gasteiger partial charge in [-0.05, 0) is 56.9 Å². The fourth-order valence-corrected chi connectivity index (χ4v) is 4.96. The van der Waals surface area contributed by atoms with Crippen LogP contribution in [0.15, 0.2) is 30.3 Å². The summed E-state index contributed by atoms with van der Waals surface area (Å²) >= 11 is 0. The highest BCUT2D eigenvalue weighted by Crippen LogP contribution is 2.49. The fraction of sp³-hybridized carbons (Fsp3) is 0.650. The molecule has 2 saturated carbocycles. The lowest BCUT2D eigenvalue weighted by atomic mass is 9.64. The van der Waals surface area contributed by atoms with E-state index in [4.69, 9.17) is 0 Å². The second-order valence-corrected chi connectivity index (χ2v) is 8.48. The summed E-state index contributed by atoms with van der Waals surface area (Å²) in [5.41, 5.74) is 1.27. The van der Waals surface area contributed by atoms with E-state index in [-0.39, 0.29) is 11.8 Å². The standard InChI is InChI=1S/C20H27NO2/c1-19(23)11-17(12-19)18(22)21-13-20(14-21)9-7-16(8-10-20)15-5-3-2-4-6-15/h2-6,16-17,23H,7-14H2,1H3/t17-,19+. The van der Waals surface area contributed by atoms with Gasteiger partial charge in [0.1, 0.15) is 0 Å². The van der Waals surface area contributed by atoms with Crippen molar-refractivity contribution in [2.24, 2.45) is 11.3 Å². The topological polar surface area (TPSA) is 40.5 Å². The van der Waals surface area contributed by atoms with Crippen LogP contribution in [0.25, 0.3) is 0 Å². The van der Waals surface area contributed by atoms with E-state index in [9.17, 15) is 9.90 Å². The highest BCUT2D eigenvalue weighted by molar-refractivity contribution is 5.81. The third-order valence-corrected chi connectivity index (χ3v) is 6.40. The van der Waals surface area contributed by atoms with Gasteiger partial charge in [-0.2, -0.15) is 0 Å². The van der Waals surface area contributed by atoms with Crippen LogP contribution in [0.3, 0.4) is 0 Å². The second-order valence-electron chi connectivity index (χ2n) is 8.48. The number of carbonyl (C=O) groups excluding carboxylic acids is 1. The van der Waals surface area contributed by atoms with Crippen molar-refractivity contribution in [1.29, 1.82) is 0 Å². The molecule has 1 heterocycles. The summed E-state index contributed by atoms with van der Waals surface area (Å²) in [4.78, 5) is 14.5. The first-order chi connectivity index (χ1) is 11.0. The Hall–Kier alpha value is -1.35. The number of hydrogen-bond donors (Lipinski definition) is 1. The molecule has 3 aliphatic rings. The lowest BCUT2D eigenvalue weighted by Crippen LogP contribution is -2.62. The van der Waals surface area contributed by atoms with E-state index in [1.807, 2.05) is 11.8 Å². The Labute approximate surface area is 138 Å². The molecular weight excluding hydrogens is 286 g/mol. The van der Waals surface area contributed by atoms with Crippen molar-refractivity contribution < 1.29 is 9.90 Å². The lowest BCUT2D eigenvalue weighted by Gasteiger charge is -2.55. The van der Waals surface area contributed by atoms with Crippen molar-refractivity contribution in [3.05, 3.63) is 35.9 Å². The number of aliphatic hydroxyl groups is 1. The molecule has 1 spiro atoms. The van der Waals surface area contributed by atoms with Gasteiger partial charge in [0.2, 0.25) is 5.91 Å². The van der Waals surface area contributed by atoms with E-state index in [1.54, 1.807) is 0 Å². The van der Waals surface area contributed by atoms with Crippen molar-refractivity contribution in [2.75, 3.05) is 13.1 Å². The molecular formula is C20H27NO2. The predicted molar refractivity (Wildman–Crippen MR) is 90.0 cm³/mol. The van der Waals surface area contributed by atoms with Gasteiger partial charge in [-0.3, -0.25) is 4.79 Å². The number of amides is 1. The minimum Gasteiger partial charge on any atom is -0.390 e. The maximum atomic E-state index is 12.4. The highest BCUT2D eigenvalue weighted by atomic mass is 16.3. The van der Waals surface area contributed by atoms with Crippen LogP contribution in [0, 0.1) is 11.3 Å². The summed E-state index contributed by atoms with van der Waals surface area (Å²) in [6, 6.07) is 10.9. The van der Waals surface area contributed by atoms with Crippen LogP contribution >= 0.6 is 0 Å². The predicted octanol–water partition coefficient (Wildman–Crippen LogP) is 3.33. The maximum absolute atomic E-state index is 12.4. The number of rotatable bonds is 2. The SMILES string of the molecule is C[C@]1(O)C[C@@H](C(=O)N2CC3(CCC(c4ccccc4)CC3)C2)C1. The molecule has 1 aromatic carbocycles. The maximum Gasteiger partial charge on any atom is 0.225 e. The molecule has 1 amide bonds. The summed E-state index contributed by atoms with van der Waals surface area (Å²) in [5.74, 6) is 1.06. The van der Waals surface area contributed by atoms with Gasteiger partial charge in [0.25, 0.3) is 0 Å². The molecule has 4 rings (SSSR count). The number of likely N-dealkylation sites (tertiary alicyclic amines) is 1. The van der Waals surface area contributed by atoms with E-state index < -0.39 is 5.60 Å². The monoisotopic (exact) mass is 313 g/mol. The van der Waals surface area contributed by atoms with Crippen molar-refractivity contribution >= 4 is 5.91 Å². The van der Waals surface area contributed by atoms with Gasteiger partial charge in [0.15, 0.2) is 0 Å². The minimum absolute atomic E-state index is 0.0722. The molecule has 1 aliphatic heterocycles. The van der Waals surface area contributed by atoms with Crippen molar-refractivity contribution in [2.45, 2.75) is 57.0 Å². The van der Waals surface area contributed by atoms with Crippen LogP contribution in [0.5, 0.6) is 0 Å². The molecule has 0 radical (unpaired) electrons. The molecule has 2 aliphatic carbocycles. The minimum atomic E-state index is -0.601. The Balaban J connectivity index is 1.28. The van der Waals surface area contributed by atoms with Crippen molar-refractivity contribution in [3.8, 4) is 0 Å². The smallest absolute Gasteiger partial charge is 0.225 e. The quantitative estimate of drug-likeness (QED) is 0.910. The Morgan fingerprint density at radius 2 is 1.74 bits per heavy atom. The van der Waals surface area contributed by atoms with E-state index in [0.717, 1.165) is 13.1 Å². The normalized spacial score (nSPS) is 33.1. The first kappa shape index (κ1) is 15.2. The third-order valence-electron chi connectivity index (χ3n) is 6.40. The highest BCUT2D eigenvalue weighted by Gasteiger charge is 2.51. The molecule has 23 heavy (non-hydrogen) atoms. The van der Waals surface area contributed by atoms with Crippen LogP contribution in [0.1, 0.15) is 56.9 Å². The Morgan fingerprint density at radius 3 is 2.30 bits per heavy atom. The molecule has 1 N–H and O–H groups in total. The molecule has 3 fully saturated rings. The Kier molecular flexibility index (Phi) is 3.53. The van der Waals surface area contributed by atoms with Gasteiger partial charge >= 0.3 is 0 Å². The average Bonchev–Trinajstić information content (AvgIpc) is 2.50. The van der Waals surface area contributed by atoms with Gasteiger partial charge in [0.05, 0.1) is 5.60 Å². The van der Waals surface area contributed by atoms with Crippen LogP contribution in [0.2, 0.25) is 0 Å². The first-order valence-corrected chi connectivity index (χ1v) is 9.03. The number of nitrogens with zero attached hydrogens (tertiary/aromatic N) is 1. The number of hydrogen-bond acceptors (Lipinski definition) is 2. The lowest BCUT2D eigenvalue weighted by molar-refractivity contribution is -0.163. The first-order valence-electron chi connectivity index (χ1n) is 9.03. The number of benzene rings is 1. The third kappa shape index (κ3) is 2.80. The molecule has 1 saturated heterocycles. The average molecular weight is 313 g/mol. The van der Waals surface area contributed by atoms with E-state index in [0.29, 0.717) is 24.2 Å². The zero-order chi connectivity index (χ0) is 16.1. The molecule has 3 nitrogen and oxygen atoms in total. The van der Waals surface area contributed by atoms with E-state index in [2.05, 4.69) is 30.3 Å². The molecule has 0 unspecified atom stereocenters. The molecule has 0 aromatic heterocycles. The van der Waals surface area contributed by atoms with Gasteiger partial charge in [-0.25, -0.2) is 0 Å². The van der Waals surface area contributed by atoms with Gasteiger partial charge < -0.3 is 10.0 Å². The molecule has 1 aromatic rings. The largest absolute Gasteiger partial charge is 0.390 e. The molecule has 124 valence electrons. The molecule has 3 heteroatoms. The van der Waals surface area contributed by atoms with Crippen molar-refractivity contribution in [3.63, 3.8) is 0 Å². The molecule has 0 bridgehead atoms. The molecule has 0 atom stereocenters. The summed E-state index contributed by atoms with van der Waals surface area (Å²) < 4.78 is 0. The summed E-state index contributed by atoms with van der Waals surface area (Å²) in [6.45, 7) is 3.73. The van der Waals surface area contributed by atoms with Crippen molar-refractivity contribution in [1.82, 2.24) is 4.90 Å². The number of carbonyl (C=O) groups is 1. The summed E-state index contributed by atoms with van der Waals surface area (Å²) in [7, 11) is 0. The zero-order valence-corrected chi connectivity index (χ0v) is 14.0. The van der Waals surface area contributed by atoms with Gasteiger partial charge in [-0.1, -0.05) is 30.3 Å². The summed E-state index contributed by atoms with van der Waals surface area (Å²) in [6.07, 6.45) is 6.29. The Bertz CT molecular complexity index is 571. The summed E-state index contributed by atoms with van der Waals surface area (Å²) in [5, 5.41) is 9.81. The Morgan fingerprint density at radius 1 is 1.13 bits per heavy atom. The fourth-order valence-electron chi connectivity index (χ4n) is 4.96.